The van der Waals surface area contributed by atoms with E-state index in [1.165, 1.54) is 0 Å². The maximum absolute atomic E-state index is 12.9. The molecule has 1 N–H and O–H groups in total. The third-order valence-corrected chi connectivity index (χ3v) is 4.91. The summed E-state index contributed by atoms with van der Waals surface area (Å²) in [5.74, 6) is -0.201. The van der Waals surface area contributed by atoms with Crippen molar-refractivity contribution in [1.29, 1.82) is 0 Å². The second-order valence-corrected chi connectivity index (χ2v) is 6.81. The Balaban J connectivity index is 2.09. The molecule has 1 heterocycles. The van der Waals surface area contributed by atoms with E-state index in [2.05, 4.69) is 5.32 Å². The molecule has 2 amide bonds. The molecule has 2 aromatic rings. The van der Waals surface area contributed by atoms with Crippen LogP contribution in [-0.2, 0) is 11.3 Å². The lowest BCUT2D eigenvalue weighted by molar-refractivity contribution is -0.133. The van der Waals surface area contributed by atoms with E-state index in [4.69, 9.17) is 0 Å². The molecular formula is C19H24N2O2S. The van der Waals surface area contributed by atoms with Crippen LogP contribution in [0.4, 0.5) is 0 Å². The van der Waals surface area contributed by atoms with E-state index in [1.54, 1.807) is 35.4 Å². The molecule has 24 heavy (non-hydrogen) atoms. The molecule has 0 bridgehead atoms. The maximum atomic E-state index is 12.9. The second-order valence-electron chi connectivity index (χ2n) is 6.03. The number of likely N-dealkylation sites (N-methyl/N-ethyl adjacent to an activating group) is 1. The first-order valence-corrected chi connectivity index (χ1v) is 9.09. The van der Waals surface area contributed by atoms with Gasteiger partial charge in [-0.15, -0.1) is 0 Å². The summed E-state index contributed by atoms with van der Waals surface area (Å²) >= 11 is 1.61. The summed E-state index contributed by atoms with van der Waals surface area (Å²) in [6, 6.07) is 10.5. The predicted molar refractivity (Wildman–Crippen MR) is 97.9 cm³/mol. The molecule has 0 saturated heterocycles. The molecule has 2 atom stereocenters. The molecule has 0 spiro atoms. The Morgan fingerprint density at radius 3 is 2.50 bits per heavy atom. The number of thiophene rings is 1. The minimum absolute atomic E-state index is 0.0557. The molecule has 128 valence electrons. The van der Waals surface area contributed by atoms with E-state index >= 15 is 0 Å². The topological polar surface area (TPSA) is 49.4 Å². The van der Waals surface area contributed by atoms with Gasteiger partial charge >= 0.3 is 0 Å². The number of hydrogen-bond acceptors (Lipinski definition) is 3. The zero-order chi connectivity index (χ0) is 17.5. The van der Waals surface area contributed by atoms with E-state index in [0.29, 0.717) is 12.1 Å². The van der Waals surface area contributed by atoms with Gasteiger partial charge in [0, 0.05) is 19.2 Å². The Morgan fingerprint density at radius 2 is 1.92 bits per heavy atom. The number of amides is 2. The van der Waals surface area contributed by atoms with Crippen LogP contribution < -0.4 is 5.32 Å². The molecule has 0 aliphatic heterocycles. The molecule has 2 rings (SSSR count). The van der Waals surface area contributed by atoms with Crippen molar-refractivity contribution in [1.82, 2.24) is 10.2 Å². The fourth-order valence-corrected chi connectivity index (χ4v) is 3.13. The van der Waals surface area contributed by atoms with Crippen molar-refractivity contribution < 1.29 is 9.59 Å². The third kappa shape index (κ3) is 4.68. The molecule has 1 aromatic heterocycles. The van der Waals surface area contributed by atoms with Gasteiger partial charge in [-0.2, -0.15) is 11.3 Å². The van der Waals surface area contributed by atoms with E-state index in [-0.39, 0.29) is 17.7 Å². The van der Waals surface area contributed by atoms with Gasteiger partial charge in [-0.05, 0) is 40.4 Å². The van der Waals surface area contributed by atoms with Gasteiger partial charge in [-0.3, -0.25) is 9.59 Å². The largest absolute Gasteiger partial charge is 0.340 e. The van der Waals surface area contributed by atoms with E-state index in [9.17, 15) is 9.59 Å². The summed E-state index contributed by atoms with van der Waals surface area (Å²) < 4.78 is 0. The van der Waals surface area contributed by atoms with Crippen LogP contribution in [0.1, 0.15) is 36.2 Å². The van der Waals surface area contributed by atoms with Gasteiger partial charge in [-0.25, -0.2) is 0 Å². The van der Waals surface area contributed by atoms with Gasteiger partial charge < -0.3 is 10.2 Å². The fourth-order valence-electron chi connectivity index (χ4n) is 2.47. The number of carbonyl (C=O) groups is 2. The average molecular weight is 344 g/mol. The third-order valence-electron chi connectivity index (χ3n) is 4.18. The van der Waals surface area contributed by atoms with Crippen molar-refractivity contribution in [2.24, 2.45) is 5.92 Å². The van der Waals surface area contributed by atoms with Gasteiger partial charge in [0.25, 0.3) is 5.91 Å². The lowest BCUT2D eigenvalue weighted by atomic mass is 9.97. The highest BCUT2D eigenvalue weighted by atomic mass is 32.1. The molecule has 0 radical (unpaired) electrons. The van der Waals surface area contributed by atoms with Gasteiger partial charge in [-0.1, -0.05) is 38.5 Å². The van der Waals surface area contributed by atoms with Crippen molar-refractivity contribution in [2.75, 3.05) is 7.05 Å². The van der Waals surface area contributed by atoms with Crippen LogP contribution in [0, 0.1) is 5.92 Å². The summed E-state index contributed by atoms with van der Waals surface area (Å²) in [6.07, 6.45) is 0.817. The lowest BCUT2D eigenvalue weighted by Crippen LogP contribution is -2.50. The molecule has 1 aromatic carbocycles. The highest BCUT2D eigenvalue weighted by Gasteiger charge is 2.28. The van der Waals surface area contributed by atoms with Crippen LogP contribution in [0.25, 0.3) is 0 Å². The Bertz CT molecular complexity index is 655. The number of nitrogens with zero attached hydrogens (tertiary/aromatic N) is 1. The summed E-state index contributed by atoms with van der Waals surface area (Å²) in [7, 11) is 1.78. The number of rotatable bonds is 7. The molecule has 0 aliphatic carbocycles. The summed E-state index contributed by atoms with van der Waals surface area (Å²) in [5.41, 5.74) is 1.67. The highest BCUT2D eigenvalue weighted by Crippen LogP contribution is 2.14. The summed E-state index contributed by atoms with van der Waals surface area (Å²) in [6.45, 7) is 4.57. The van der Waals surface area contributed by atoms with E-state index in [0.717, 1.165) is 12.0 Å². The molecule has 2 unspecified atom stereocenters. The highest BCUT2D eigenvalue weighted by molar-refractivity contribution is 7.07. The van der Waals surface area contributed by atoms with Crippen molar-refractivity contribution in [3.8, 4) is 0 Å². The van der Waals surface area contributed by atoms with Crippen LogP contribution in [0.15, 0.2) is 47.2 Å². The van der Waals surface area contributed by atoms with E-state index in [1.807, 2.05) is 48.9 Å². The zero-order valence-corrected chi connectivity index (χ0v) is 15.2. The van der Waals surface area contributed by atoms with Gasteiger partial charge in [0.1, 0.15) is 6.04 Å². The van der Waals surface area contributed by atoms with Crippen molar-refractivity contribution in [2.45, 2.75) is 32.9 Å². The first kappa shape index (κ1) is 18.2. The zero-order valence-electron chi connectivity index (χ0n) is 14.4. The Hall–Kier alpha value is -2.14. The van der Waals surface area contributed by atoms with Crippen molar-refractivity contribution in [3.63, 3.8) is 0 Å². The first-order chi connectivity index (χ1) is 11.5. The first-order valence-electron chi connectivity index (χ1n) is 8.15. The van der Waals surface area contributed by atoms with Crippen molar-refractivity contribution in [3.05, 3.63) is 58.3 Å². The minimum Gasteiger partial charge on any atom is -0.340 e. The number of carbonyl (C=O) groups excluding carboxylic acids is 2. The molecule has 0 aliphatic rings. The molecular weight excluding hydrogens is 320 g/mol. The molecule has 0 saturated carbocycles. The summed E-state index contributed by atoms with van der Waals surface area (Å²) in [4.78, 5) is 27.0. The second kappa shape index (κ2) is 8.64. The number of nitrogens with one attached hydrogen (secondary N) is 1. The lowest BCUT2D eigenvalue weighted by Gasteiger charge is -2.28. The number of hydrogen-bond donors (Lipinski definition) is 1. The molecule has 0 fully saturated rings. The Kier molecular flexibility index (Phi) is 6.55. The summed E-state index contributed by atoms with van der Waals surface area (Å²) in [5, 5.41) is 6.95. The Labute approximate surface area is 147 Å². The minimum atomic E-state index is -0.522. The standard InChI is InChI=1S/C19H24N2O2S/c1-4-14(2)17(20-18(22)16-8-6-5-7-9-16)19(23)21(3)12-15-10-11-24-13-15/h5-11,13-14,17H,4,12H2,1-3H3,(H,20,22). The van der Waals surface area contributed by atoms with Gasteiger partial charge in [0.05, 0.1) is 0 Å². The maximum Gasteiger partial charge on any atom is 0.251 e. The quantitative estimate of drug-likeness (QED) is 0.835. The van der Waals surface area contributed by atoms with Crippen LogP contribution in [0.5, 0.6) is 0 Å². The normalized spacial score (nSPS) is 13.1. The van der Waals surface area contributed by atoms with Crippen LogP contribution in [0.2, 0.25) is 0 Å². The van der Waals surface area contributed by atoms with Crippen LogP contribution >= 0.6 is 11.3 Å². The monoisotopic (exact) mass is 344 g/mol. The smallest absolute Gasteiger partial charge is 0.251 e. The predicted octanol–water partition coefficient (Wildman–Crippen LogP) is 3.55. The van der Waals surface area contributed by atoms with Crippen molar-refractivity contribution >= 4 is 23.2 Å². The molecule has 4 nitrogen and oxygen atoms in total. The molecule has 5 heteroatoms. The Morgan fingerprint density at radius 1 is 1.21 bits per heavy atom. The van der Waals surface area contributed by atoms with Crippen LogP contribution in [-0.4, -0.2) is 29.8 Å². The van der Waals surface area contributed by atoms with Crippen LogP contribution in [0.3, 0.4) is 0 Å². The van der Waals surface area contributed by atoms with E-state index < -0.39 is 6.04 Å². The number of benzene rings is 1. The van der Waals surface area contributed by atoms with Gasteiger partial charge in [0.15, 0.2) is 0 Å². The fraction of sp³-hybridized carbons (Fsp3) is 0.368. The van der Waals surface area contributed by atoms with Gasteiger partial charge in [0.2, 0.25) is 5.91 Å². The SMILES string of the molecule is CCC(C)C(NC(=O)c1ccccc1)C(=O)N(C)Cc1ccsc1. The average Bonchev–Trinajstić information content (AvgIpc) is 3.11.